The maximum atomic E-state index is 11.4. The molecule has 4 nitrogen and oxygen atoms in total. The molecule has 0 amide bonds. The van der Waals surface area contributed by atoms with Crippen molar-refractivity contribution in [2.75, 3.05) is 18.1 Å². The molecule has 2 rings (SSSR count). The number of amidine groups is 1. The van der Waals surface area contributed by atoms with E-state index in [0.717, 1.165) is 18.1 Å². The molecule has 1 N–H and O–H groups in total. The molecule has 0 spiro atoms. The molecule has 1 fully saturated rings. The Morgan fingerprint density at radius 2 is 1.95 bits per heavy atom. The molecule has 0 aromatic rings. The largest absolute Gasteiger partial charge is 0.362 e. The Kier molecular flexibility index (Phi) is 4.50. The van der Waals surface area contributed by atoms with Gasteiger partial charge in [-0.05, 0) is 24.7 Å². The van der Waals surface area contributed by atoms with Crippen LogP contribution in [0.15, 0.2) is 4.99 Å². The van der Waals surface area contributed by atoms with Gasteiger partial charge in [-0.1, -0.05) is 32.5 Å². The summed E-state index contributed by atoms with van der Waals surface area (Å²) in [5, 5.41) is 5.00. The molecule has 0 aromatic carbocycles. The Bertz CT molecular complexity index is 438. The van der Waals surface area contributed by atoms with E-state index in [2.05, 4.69) is 31.1 Å². The van der Waals surface area contributed by atoms with E-state index in [1.165, 1.54) is 0 Å². The maximum Gasteiger partial charge on any atom is 0.157 e. The fraction of sp³-hybridized carbons (Fsp3) is 0.923. The number of thioether (sulfide) groups is 1. The number of sulfone groups is 1. The summed E-state index contributed by atoms with van der Waals surface area (Å²) in [6, 6.07) is 0.281. The number of hydrogen-bond donors (Lipinski definition) is 1. The van der Waals surface area contributed by atoms with Gasteiger partial charge in [-0.2, -0.15) is 0 Å². The van der Waals surface area contributed by atoms with Crippen molar-refractivity contribution < 1.29 is 8.42 Å². The standard InChI is InChI=1S/C13H24N2O2S2/c1-13(2,3)8-11-9-14-12(18-11)15-10-4-6-19(16,17)7-5-10/h10-11H,4-9H2,1-3H3,(H,14,15). The summed E-state index contributed by atoms with van der Waals surface area (Å²) in [5.41, 5.74) is 0.335. The van der Waals surface area contributed by atoms with Gasteiger partial charge in [-0.3, -0.25) is 4.99 Å². The summed E-state index contributed by atoms with van der Waals surface area (Å²) >= 11 is 1.82. The second-order valence-corrected chi connectivity index (χ2v) is 10.3. The molecule has 2 aliphatic rings. The molecule has 1 atom stereocenters. The maximum absolute atomic E-state index is 11.4. The third-order valence-electron chi connectivity index (χ3n) is 3.44. The molecule has 0 saturated carbocycles. The monoisotopic (exact) mass is 304 g/mol. The fourth-order valence-electron chi connectivity index (χ4n) is 2.50. The van der Waals surface area contributed by atoms with Crippen LogP contribution in [0.5, 0.6) is 0 Å². The Morgan fingerprint density at radius 1 is 1.32 bits per heavy atom. The van der Waals surface area contributed by atoms with Crippen molar-refractivity contribution in [2.24, 2.45) is 10.4 Å². The minimum Gasteiger partial charge on any atom is -0.362 e. The van der Waals surface area contributed by atoms with Crippen molar-refractivity contribution in [3.63, 3.8) is 0 Å². The van der Waals surface area contributed by atoms with Crippen LogP contribution in [0.3, 0.4) is 0 Å². The molecule has 1 saturated heterocycles. The van der Waals surface area contributed by atoms with Crippen LogP contribution in [0, 0.1) is 5.41 Å². The summed E-state index contributed by atoms with van der Waals surface area (Å²) in [6.07, 6.45) is 2.59. The molecule has 0 aliphatic carbocycles. The highest BCUT2D eigenvalue weighted by Gasteiger charge is 2.28. The van der Waals surface area contributed by atoms with Gasteiger partial charge in [0.15, 0.2) is 5.17 Å². The fourth-order valence-corrected chi connectivity index (χ4v) is 5.42. The van der Waals surface area contributed by atoms with E-state index in [9.17, 15) is 8.42 Å². The van der Waals surface area contributed by atoms with Gasteiger partial charge >= 0.3 is 0 Å². The first-order valence-electron chi connectivity index (χ1n) is 6.92. The zero-order valence-electron chi connectivity index (χ0n) is 12.0. The molecular weight excluding hydrogens is 280 g/mol. The minimum absolute atomic E-state index is 0.281. The average molecular weight is 304 g/mol. The minimum atomic E-state index is -2.77. The molecule has 0 radical (unpaired) electrons. The Morgan fingerprint density at radius 3 is 2.53 bits per heavy atom. The normalized spacial score (nSPS) is 28.2. The second kappa shape index (κ2) is 5.64. The summed E-state index contributed by atoms with van der Waals surface area (Å²) in [6.45, 7) is 7.65. The van der Waals surface area contributed by atoms with Crippen molar-refractivity contribution in [3.8, 4) is 0 Å². The molecule has 19 heavy (non-hydrogen) atoms. The van der Waals surface area contributed by atoms with Gasteiger partial charge in [0.2, 0.25) is 0 Å². The van der Waals surface area contributed by atoms with Crippen LogP contribution in [-0.2, 0) is 9.84 Å². The smallest absolute Gasteiger partial charge is 0.157 e. The third kappa shape index (κ3) is 4.99. The molecule has 0 bridgehead atoms. The number of hydrogen-bond acceptors (Lipinski definition) is 5. The van der Waals surface area contributed by atoms with E-state index in [1.54, 1.807) is 0 Å². The summed E-state index contributed by atoms with van der Waals surface area (Å²) in [7, 11) is -2.77. The van der Waals surface area contributed by atoms with Crippen LogP contribution in [0.1, 0.15) is 40.0 Å². The van der Waals surface area contributed by atoms with Crippen molar-refractivity contribution >= 4 is 26.8 Å². The lowest BCUT2D eigenvalue weighted by atomic mass is 9.90. The summed E-state index contributed by atoms with van der Waals surface area (Å²) < 4.78 is 22.8. The van der Waals surface area contributed by atoms with Crippen molar-refractivity contribution in [2.45, 2.75) is 51.3 Å². The van der Waals surface area contributed by atoms with Gasteiger partial charge in [0.1, 0.15) is 9.84 Å². The van der Waals surface area contributed by atoms with E-state index in [-0.39, 0.29) is 6.04 Å². The summed E-state index contributed by atoms with van der Waals surface area (Å²) in [4.78, 5) is 4.55. The predicted octanol–water partition coefficient (Wildman–Crippen LogP) is 2.06. The Balaban J connectivity index is 1.77. The second-order valence-electron chi connectivity index (χ2n) is 6.72. The molecule has 110 valence electrons. The van der Waals surface area contributed by atoms with Crippen molar-refractivity contribution in [1.82, 2.24) is 5.32 Å². The molecule has 2 aliphatic heterocycles. The lowest BCUT2D eigenvalue weighted by Crippen LogP contribution is -2.39. The van der Waals surface area contributed by atoms with Gasteiger partial charge in [-0.25, -0.2) is 8.42 Å². The highest BCUT2D eigenvalue weighted by molar-refractivity contribution is 8.14. The lowest BCUT2D eigenvalue weighted by Gasteiger charge is -2.24. The molecule has 6 heteroatoms. The summed E-state index contributed by atoms with van der Waals surface area (Å²) in [5.74, 6) is 0.627. The van der Waals surface area contributed by atoms with E-state index in [0.29, 0.717) is 35.0 Å². The van der Waals surface area contributed by atoms with Gasteiger partial charge in [0, 0.05) is 11.3 Å². The first-order chi connectivity index (χ1) is 8.73. The molecule has 1 unspecified atom stereocenters. The first-order valence-corrected chi connectivity index (χ1v) is 9.62. The van der Waals surface area contributed by atoms with Crippen LogP contribution in [0.25, 0.3) is 0 Å². The number of nitrogens with zero attached hydrogens (tertiary/aromatic N) is 1. The van der Waals surface area contributed by atoms with E-state index in [4.69, 9.17) is 0 Å². The number of rotatable bonds is 2. The van der Waals surface area contributed by atoms with Crippen LogP contribution in [0.2, 0.25) is 0 Å². The van der Waals surface area contributed by atoms with Gasteiger partial charge < -0.3 is 5.32 Å². The highest BCUT2D eigenvalue weighted by Crippen LogP contribution is 2.31. The van der Waals surface area contributed by atoms with Gasteiger partial charge in [0.05, 0.1) is 18.1 Å². The average Bonchev–Trinajstić information content (AvgIpc) is 2.66. The number of aliphatic imine (C=N–C) groups is 1. The van der Waals surface area contributed by atoms with Crippen LogP contribution in [0.4, 0.5) is 0 Å². The lowest BCUT2D eigenvalue weighted by molar-refractivity contribution is 0.375. The van der Waals surface area contributed by atoms with Gasteiger partial charge in [-0.15, -0.1) is 0 Å². The SMILES string of the molecule is CC(C)(C)CC1CN=C(NC2CCS(=O)(=O)CC2)S1. The van der Waals surface area contributed by atoms with Crippen molar-refractivity contribution in [1.29, 1.82) is 0 Å². The number of nitrogens with one attached hydrogen (secondary N) is 1. The molecule has 0 aromatic heterocycles. The molecule has 2 heterocycles. The third-order valence-corrected chi connectivity index (χ3v) is 6.27. The zero-order valence-corrected chi connectivity index (χ0v) is 13.6. The van der Waals surface area contributed by atoms with Crippen LogP contribution >= 0.6 is 11.8 Å². The van der Waals surface area contributed by atoms with E-state index >= 15 is 0 Å². The predicted molar refractivity (Wildman–Crippen MR) is 82.6 cm³/mol. The quantitative estimate of drug-likeness (QED) is 0.848. The molecular formula is C13H24N2O2S2. The van der Waals surface area contributed by atoms with E-state index < -0.39 is 9.84 Å². The Labute approximate surface area is 120 Å². The van der Waals surface area contributed by atoms with E-state index in [1.807, 2.05) is 11.8 Å². The first kappa shape index (κ1) is 15.2. The van der Waals surface area contributed by atoms with Crippen LogP contribution < -0.4 is 5.32 Å². The topological polar surface area (TPSA) is 58.5 Å². The zero-order chi connectivity index (χ0) is 14.1. The van der Waals surface area contributed by atoms with Crippen LogP contribution in [-0.4, -0.2) is 42.9 Å². The highest BCUT2D eigenvalue weighted by atomic mass is 32.2. The Hall–Kier alpha value is -0.230. The van der Waals surface area contributed by atoms with Crippen molar-refractivity contribution in [3.05, 3.63) is 0 Å². The van der Waals surface area contributed by atoms with Gasteiger partial charge in [0.25, 0.3) is 0 Å².